The molecule has 2 aromatic heterocycles. The summed E-state index contributed by atoms with van der Waals surface area (Å²) >= 11 is 3.16. The molecule has 146 valence electrons. The highest BCUT2D eigenvalue weighted by atomic mass is 32.2. The van der Waals surface area contributed by atoms with Crippen molar-refractivity contribution in [3.8, 4) is 0 Å². The summed E-state index contributed by atoms with van der Waals surface area (Å²) in [4.78, 5) is 27.8. The average Bonchev–Trinajstić information content (AvgIpc) is 3.09. The van der Waals surface area contributed by atoms with Crippen LogP contribution in [0.4, 0.5) is 11.6 Å². The van der Waals surface area contributed by atoms with Crippen molar-refractivity contribution in [1.82, 2.24) is 15.0 Å². The number of nitrogens with zero attached hydrogens (tertiary/aromatic N) is 3. The van der Waals surface area contributed by atoms with E-state index in [1.807, 2.05) is 55.5 Å². The van der Waals surface area contributed by atoms with E-state index < -0.39 is 0 Å². The quantitative estimate of drug-likeness (QED) is 0.254. The molecule has 2 heterocycles. The highest BCUT2D eigenvalue weighted by Crippen LogP contribution is 2.30. The van der Waals surface area contributed by atoms with E-state index in [4.69, 9.17) is 5.73 Å². The zero-order chi connectivity index (χ0) is 20.2. The number of anilines is 1. The van der Waals surface area contributed by atoms with Crippen LogP contribution in [-0.4, -0.2) is 20.9 Å². The Kier molecular flexibility index (Phi) is 5.59. The number of nitrogens with two attached hydrogens (primary N) is 1. The molecule has 9 heteroatoms. The van der Waals surface area contributed by atoms with E-state index in [2.05, 4.69) is 25.3 Å². The lowest BCUT2D eigenvalue weighted by molar-refractivity contribution is 1.04. The summed E-state index contributed by atoms with van der Waals surface area (Å²) in [6.07, 6.45) is 0. The zero-order valence-corrected chi connectivity index (χ0v) is 17.2. The van der Waals surface area contributed by atoms with Gasteiger partial charge in [0.05, 0.1) is 15.9 Å². The van der Waals surface area contributed by atoms with Crippen LogP contribution in [-0.2, 0) is 5.75 Å². The molecule has 0 saturated carbocycles. The van der Waals surface area contributed by atoms with Crippen molar-refractivity contribution in [3.05, 3.63) is 76.2 Å². The van der Waals surface area contributed by atoms with Gasteiger partial charge >= 0.3 is 0 Å². The summed E-state index contributed by atoms with van der Waals surface area (Å²) in [5.74, 6) is 0.821. The molecule has 0 bridgehead atoms. The number of benzene rings is 2. The van der Waals surface area contributed by atoms with Crippen LogP contribution >= 0.6 is 23.1 Å². The Morgan fingerprint density at radius 3 is 2.90 bits per heavy atom. The molecule has 4 rings (SSSR count). The number of aryl methyl sites for hydroxylation is 1. The van der Waals surface area contributed by atoms with Crippen LogP contribution in [0.1, 0.15) is 11.3 Å². The summed E-state index contributed by atoms with van der Waals surface area (Å²) in [7, 11) is 0. The Bertz CT molecular complexity index is 1210. The fraction of sp³-hybridized carbons (Fsp3) is 0.100. The summed E-state index contributed by atoms with van der Waals surface area (Å²) in [5.41, 5.74) is 9.18. The predicted molar refractivity (Wildman–Crippen MR) is 120 cm³/mol. The first-order valence-corrected chi connectivity index (χ1v) is 10.6. The molecule has 4 aromatic rings. The number of nitrogens with one attached hydrogen (secondary N) is 2. The molecule has 0 fully saturated rings. The first kappa shape index (κ1) is 19.2. The molecule has 0 aliphatic carbocycles. The standard InChI is InChI=1S/C20H18N6OS2/c1-12-5-4-6-13(9-12)22-18(21)26-19-23-14(10-17(27)25-19)11-28-20-24-15-7-2-3-8-16(15)29-20/h2-10H,11H2,1H3,(H4,21,22,23,25,26,27). The van der Waals surface area contributed by atoms with Crippen LogP contribution in [0.25, 0.3) is 10.2 Å². The molecule has 7 nitrogen and oxygen atoms in total. The number of rotatable bonds is 5. The average molecular weight is 423 g/mol. The normalized spacial score (nSPS) is 11.7. The van der Waals surface area contributed by atoms with Gasteiger partial charge in [-0.25, -0.2) is 9.97 Å². The van der Waals surface area contributed by atoms with Gasteiger partial charge in [-0.2, -0.15) is 4.99 Å². The number of aromatic nitrogens is 3. The maximum atomic E-state index is 12.0. The lowest BCUT2D eigenvalue weighted by atomic mass is 10.2. The van der Waals surface area contributed by atoms with Gasteiger partial charge in [0.1, 0.15) is 0 Å². The number of guanidine groups is 1. The molecule has 0 amide bonds. The van der Waals surface area contributed by atoms with Crippen molar-refractivity contribution in [2.75, 3.05) is 5.32 Å². The highest BCUT2D eigenvalue weighted by molar-refractivity contribution is 8.00. The Labute approximate surface area is 175 Å². The zero-order valence-electron chi connectivity index (χ0n) is 15.5. The molecule has 0 aliphatic rings. The van der Waals surface area contributed by atoms with Crippen molar-refractivity contribution >= 4 is 50.9 Å². The van der Waals surface area contributed by atoms with Crippen molar-refractivity contribution in [2.24, 2.45) is 10.7 Å². The van der Waals surface area contributed by atoms with E-state index in [-0.39, 0.29) is 17.5 Å². The van der Waals surface area contributed by atoms with E-state index in [1.165, 1.54) is 17.8 Å². The second-order valence-electron chi connectivity index (χ2n) is 6.29. The molecular formula is C20H18N6OS2. The summed E-state index contributed by atoms with van der Waals surface area (Å²) in [6, 6.07) is 17.2. The minimum absolute atomic E-state index is 0.148. The van der Waals surface area contributed by atoms with Crippen LogP contribution in [0, 0.1) is 6.92 Å². The van der Waals surface area contributed by atoms with Gasteiger partial charge in [0, 0.05) is 17.5 Å². The number of thiazole rings is 1. The Morgan fingerprint density at radius 1 is 1.21 bits per heavy atom. The van der Waals surface area contributed by atoms with Gasteiger partial charge in [-0.3, -0.25) is 9.78 Å². The van der Waals surface area contributed by atoms with E-state index in [0.717, 1.165) is 25.8 Å². The van der Waals surface area contributed by atoms with Gasteiger partial charge < -0.3 is 11.1 Å². The monoisotopic (exact) mass is 422 g/mol. The SMILES string of the molecule is Cc1cccc(N/C(N)=N/c2nc(CSc3nc4ccccc4s3)cc(=O)[nH]2)c1. The third-order valence-corrected chi connectivity index (χ3v) is 6.13. The van der Waals surface area contributed by atoms with Crippen molar-refractivity contribution in [2.45, 2.75) is 17.0 Å². The Hall–Kier alpha value is -3.17. The lowest BCUT2D eigenvalue weighted by Crippen LogP contribution is -2.22. The third-order valence-electron chi connectivity index (χ3n) is 3.92. The summed E-state index contributed by atoms with van der Waals surface area (Å²) in [6.45, 7) is 1.99. The van der Waals surface area contributed by atoms with Crippen LogP contribution in [0.3, 0.4) is 0 Å². The minimum Gasteiger partial charge on any atom is -0.369 e. The molecule has 4 N–H and O–H groups in total. The number of thioether (sulfide) groups is 1. The van der Waals surface area contributed by atoms with Crippen LogP contribution in [0.2, 0.25) is 0 Å². The number of H-pyrrole nitrogens is 1. The van der Waals surface area contributed by atoms with E-state index in [9.17, 15) is 4.79 Å². The van der Waals surface area contributed by atoms with Gasteiger partial charge in [-0.1, -0.05) is 36.0 Å². The lowest BCUT2D eigenvalue weighted by Gasteiger charge is -2.06. The predicted octanol–water partition coefficient (Wildman–Crippen LogP) is 4.04. The highest BCUT2D eigenvalue weighted by Gasteiger charge is 2.07. The van der Waals surface area contributed by atoms with E-state index in [1.54, 1.807) is 11.3 Å². The molecule has 0 radical (unpaired) electrons. The molecule has 0 unspecified atom stereocenters. The summed E-state index contributed by atoms with van der Waals surface area (Å²) < 4.78 is 2.06. The maximum Gasteiger partial charge on any atom is 0.252 e. The van der Waals surface area contributed by atoms with Crippen LogP contribution in [0.5, 0.6) is 0 Å². The second kappa shape index (κ2) is 8.46. The van der Waals surface area contributed by atoms with Gasteiger partial charge in [0.25, 0.3) is 5.56 Å². The van der Waals surface area contributed by atoms with Crippen LogP contribution in [0.15, 0.2) is 68.7 Å². The Morgan fingerprint density at radius 2 is 2.07 bits per heavy atom. The first-order chi connectivity index (χ1) is 14.0. The molecule has 29 heavy (non-hydrogen) atoms. The molecule has 0 aliphatic heterocycles. The molecular weight excluding hydrogens is 404 g/mol. The number of hydrogen-bond donors (Lipinski definition) is 3. The Balaban J connectivity index is 1.48. The van der Waals surface area contributed by atoms with Crippen molar-refractivity contribution in [3.63, 3.8) is 0 Å². The van der Waals surface area contributed by atoms with E-state index in [0.29, 0.717) is 11.4 Å². The largest absolute Gasteiger partial charge is 0.369 e. The van der Waals surface area contributed by atoms with Crippen molar-refractivity contribution < 1.29 is 0 Å². The molecule has 0 saturated heterocycles. The first-order valence-electron chi connectivity index (χ1n) is 8.82. The maximum absolute atomic E-state index is 12.0. The second-order valence-corrected chi connectivity index (χ2v) is 8.54. The van der Waals surface area contributed by atoms with Gasteiger partial charge in [0.2, 0.25) is 11.9 Å². The fourth-order valence-corrected chi connectivity index (χ4v) is 4.64. The van der Waals surface area contributed by atoms with Crippen LogP contribution < -0.4 is 16.6 Å². The number of aliphatic imine (C=N–C) groups is 1. The fourth-order valence-electron chi connectivity index (χ4n) is 2.68. The molecule has 0 atom stereocenters. The molecule has 2 aromatic carbocycles. The molecule has 0 spiro atoms. The van der Waals surface area contributed by atoms with Gasteiger partial charge in [-0.05, 0) is 36.8 Å². The van der Waals surface area contributed by atoms with E-state index >= 15 is 0 Å². The number of aromatic amines is 1. The van der Waals surface area contributed by atoms with Gasteiger partial charge in [-0.15, -0.1) is 11.3 Å². The summed E-state index contributed by atoms with van der Waals surface area (Å²) in [5, 5.41) is 3.00. The number of hydrogen-bond acceptors (Lipinski definition) is 6. The van der Waals surface area contributed by atoms with Crippen molar-refractivity contribution in [1.29, 1.82) is 0 Å². The smallest absolute Gasteiger partial charge is 0.252 e. The topological polar surface area (TPSA) is 109 Å². The third kappa shape index (κ3) is 5.01. The minimum atomic E-state index is -0.276. The van der Waals surface area contributed by atoms with Gasteiger partial charge in [0.15, 0.2) is 4.34 Å². The number of para-hydroxylation sites is 1. The number of fused-ring (bicyclic) bond motifs is 1.